The predicted octanol–water partition coefficient (Wildman–Crippen LogP) is 6.65. The zero-order valence-corrected chi connectivity index (χ0v) is 19.4. The molecule has 0 bridgehead atoms. The lowest BCUT2D eigenvalue weighted by atomic mass is 9.81. The summed E-state index contributed by atoms with van der Waals surface area (Å²) in [6.45, 7) is 0.465. The average molecular weight is 454 g/mol. The van der Waals surface area contributed by atoms with Gasteiger partial charge in [-0.05, 0) is 52.9 Å². The van der Waals surface area contributed by atoms with E-state index in [9.17, 15) is 0 Å². The second-order valence-electron chi connectivity index (χ2n) is 7.95. The number of benzene rings is 4. The van der Waals surface area contributed by atoms with Crippen LogP contribution in [0.5, 0.6) is 11.5 Å². The van der Waals surface area contributed by atoms with Crippen LogP contribution in [0.25, 0.3) is 0 Å². The number of alkyl halides is 1. The highest BCUT2D eigenvalue weighted by Crippen LogP contribution is 2.39. The zero-order valence-electron chi connectivity index (χ0n) is 19.4. The highest BCUT2D eigenvalue weighted by molar-refractivity contribution is 6.09. The molecule has 0 unspecified atom stereocenters. The molecule has 0 fully saturated rings. The lowest BCUT2D eigenvalue weighted by Gasteiger charge is -2.29. The molecule has 0 N–H and O–H groups in total. The topological polar surface area (TPSA) is 30.8 Å². The van der Waals surface area contributed by atoms with Crippen molar-refractivity contribution in [3.8, 4) is 11.5 Å². The molecular weight excluding hydrogens is 425 g/mol. The van der Waals surface area contributed by atoms with E-state index in [1.807, 2.05) is 48.5 Å². The third kappa shape index (κ3) is 5.01. The molecule has 4 rings (SSSR count). The fraction of sp³-hybridized carbons (Fsp3) is 0.167. The van der Waals surface area contributed by atoms with E-state index < -0.39 is 5.67 Å². The van der Waals surface area contributed by atoms with Crippen LogP contribution in [0.4, 0.5) is 4.39 Å². The SMILES string of the molecule is COc1ccc(C(F)(C(=NCCc2ccccc2)c2ccccc2)c2ccc(OC)cc2)cc1. The summed E-state index contributed by atoms with van der Waals surface area (Å²) in [6.07, 6.45) is 0.721. The number of halogens is 1. The van der Waals surface area contributed by atoms with E-state index in [-0.39, 0.29) is 0 Å². The molecule has 0 amide bonds. The minimum absolute atomic E-state index is 0.374. The van der Waals surface area contributed by atoms with Gasteiger partial charge in [0, 0.05) is 6.54 Å². The fourth-order valence-corrected chi connectivity index (χ4v) is 4.02. The molecule has 4 aromatic rings. The molecule has 4 heteroatoms. The van der Waals surface area contributed by atoms with Crippen LogP contribution >= 0.6 is 0 Å². The van der Waals surface area contributed by atoms with Gasteiger partial charge in [0.05, 0.1) is 19.9 Å². The largest absolute Gasteiger partial charge is 0.497 e. The van der Waals surface area contributed by atoms with Gasteiger partial charge in [-0.3, -0.25) is 4.99 Å². The minimum atomic E-state index is -1.98. The Balaban J connectivity index is 1.84. The summed E-state index contributed by atoms with van der Waals surface area (Å²) < 4.78 is 28.2. The van der Waals surface area contributed by atoms with Crippen LogP contribution in [0.15, 0.2) is 114 Å². The van der Waals surface area contributed by atoms with Crippen molar-refractivity contribution in [2.45, 2.75) is 12.1 Å². The van der Waals surface area contributed by atoms with Gasteiger partial charge in [0.25, 0.3) is 0 Å². The molecule has 0 aliphatic rings. The van der Waals surface area contributed by atoms with Crippen molar-refractivity contribution in [3.05, 3.63) is 131 Å². The van der Waals surface area contributed by atoms with E-state index >= 15 is 4.39 Å². The van der Waals surface area contributed by atoms with Gasteiger partial charge in [0.2, 0.25) is 5.67 Å². The van der Waals surface area contributed by atoms with Crippen LogP contribution in [-0.4, -0.2) is 26.5 Å². The van der Waals surface area contributed by atoms with E-state index in [1.54, 1.807) is 62.8 Å². The second-order valence-corrected chi connectivity index (χ2v) is 7.95. The lowest BCUT2D eigenvalue weighted by molar-refractivity contribution is 0.319. The first-order valence-electron chi connectivity index (χ1n) is 11.3. The number of ether oxygens (including phenoxy) is 2. The van der Waals surface area contributed by atoms with Crippen LogP contribution in [0.3, 0.4) is 0 Å². The Morgan fingerprint density at radius 3 is 1.62 bits per heavy atom. The minimum Gasteiger partial charge on any atom is -0.497 e. The molecule has 3 nitrogen and oxygen atoms in total. The highest BCUT2D eigenvalue weighted by Gasteiger charge is 2.41. The molecule has 0 radical (unpaired) electrons. The van der Waals surface area contributed by atoms with Gasteiger partial charge in [-0.2, -0.15) is 0 Å². The third-order valence-corrected chi connectivity index (χ3v) is 5.86. The number of nitrogens with zero attached hydrogens (tertiary/aromatic N) is 1. The average Bonchev–Trinajstić information content (AvgIpc) is 2.92. The molecule has 172 valence electrons. The third-order valence-electron chi connectivity index (χ3n) is 5.86. The van der Waals surface area contributed by atoms with Gasteiger partial charge in [0.1, 0.15) is 11.5 Å². The van der Waals surface area contributed by atoms with Gasteiger partial charge in [-0.1, -0.05) is 84.9 Å². The van der Waals surface area contributed by atoms with Crippen molar-refractivity contribution in [2.24, 2.45) is 4.99 Å². The number of aliphatic imine (C=N–C) groups is 1. The Hall–Kier alpha value is -3.92. The molecule has 0 atom stereocenters. The van der Waals surface area contributed by atoms with Gasteiger partial charge in [-0.25, -0.2) is 4.39 Å². The first-order valence-corrected chi connectivity index (χ1v) is 11.3. The number of hydrogen-bond donors (Lipinski definition) is 0. The Morgan fingerprint density at radius 2 is 1.15 bits per heavy atom. The van der Waals surface area contributed by atoms with Crippen LogP contribution in [-0.2, 0) is 12.1 Å². The van der Waals surface area contributed by atoms with Gasteiger partial charge >= 0.3 is 0 Å². The van der Waals surface area contributed by atoms with Crippen LogP contribution in [0.1, 0.15) is 22.3 Å². The molecule has 0 saturated heterocycles. The summed E-state index contributed by atoms with van der Waals surface area (Å²) in [6, 6.07) is 33.8. The standard InChI is InChI=1S/C30H28FNO2/c1-33-27-17-13-25(14-18-27)30(31,26-15-19-28(34-2)20-16-26)29(24-11-7-4-8-12-24)32-22-21-23-9-5-3-6-10-23/h3-20H,21-22H2,1-2H3. The summed E-state index contributed by atoms with van der Waals surface area (Å²) in [5.74, 6) is 1.34. The van der Waals surface area contributed by atoms with Crippen molar-refractivity contribution in [1.82, 2.24) is 0 Å². The summed E-state index contributed by atoms with van der Waals surface area (Å²) in [4.78, 5) is 4.88. The number of hydrogen-bond acceptors (Lipinski definition) is 3. The lowest BCUT2D eigenvalue weighted by Crippen LogP contribution is -2.34. The molecule has 0 saturated carbocycles. The van der Waals surface area contributed by atoms with Gasteiger partial charge in [0.15, 0.2) is 0 Å². The summed E-state index contributed by atoms with van der Waals surface area (Å²) in [7, 11) is 3.20. The van der Waals surface area contributed by atoms with Crippen molar-refractivity contribution in [2.75, 3.05) is 20.8 Å². The first-order chi connectivity index (χ1) is 16.6. The van der Waals surface area contributed by atoms with E-state index in [1.165, 1.54) is 0 Å². The molecule has 0 spiro atoms. The van der Waals surface area contributed by atoms with E-state index in [0.29, 0.717) is 34.9 Å². The maximum absolute atomic E-state index is 17.6. The molecule has 34 heavy (non-hydrogen) atoms. The van der Waals surface area contributed by atoms with E-state index in [4.69, 9.17) is 14.5 Å². The number of methoxy groups -OCH3 is 2. The van der Waals surface area contributed by atoms with E-state index in [0.717, 1.165) is 17.5 Å². The molecular formula is C30H28FNO2. The van der Waals surface area contributed by atoms with Gasteiger partial charge in [-0.15, -0.1) is 0 Å². The Kier molecular flexibility index (Phi) is 7.38. The smallest absolute Gasteiger partial charge is 0.203 e. The zero-order chi connectivity index (χ0) is 23.8. The summed E-state index contributed by atoms with van der Waals surface area (Å²) in [5.41, 5.74) is 1.28. The molecule has 0 heterocycles. The quantitative estimate of drug-likeness (QED) is 0.266. The Morgan fingerprint density at radius 1 is 0.676 bits per heavy atom. The van der Waals surface area contributed by atoms with Crippen LogP contribution < -0.4 is 9.47 Å². The highest BCUT2D eigenvalue weighted by atomic mass is 19.1. The second kappa shape index (κ2) is 10.8. The fourth-order valence-electron chi connectivity index (χ4n) is 4.02. The Bertz CT molecular complexity index is 1160. The van der Waals surface area contributed by atoms with Crippen molar-refractivity contribution in [3.63, 3.8) is 0 Å². The Labute approximate surface area is 200 Å². The van der Waals surface area contributed by atoms with Crippen molar-refractivity contribution < 1.29 is 13.9 Å². The van der Waals surface area contributed by atoms with Gasteiger partial charge < -0.3 is 9.47 Å². The number of rotatable bonds is 9. The van der Waals surface area contributed by atoms with Crippen molar-refractivity contribution >= 4 is 5.71 Å². The summed E-state index contributed by atoms with van der Waals surface area (Å²) >= 11 is 0. The van der Waals surface area contributed by atoms with Crippen LogP contribution in [0, 0.1) is 0 Å². The van der Waals surface area contributed by atoms with E-state index in [2.05, 4.69) is 12.1 Å². The maximum atomic E-state index is 17.6. The normalized spacial score (nSPS) is 11.8. The first kappa shape index (κ1) is 23.2. The molecule has 0 aromatic heterocycles. The predicted molar refractivity (Wildman–Crippen MR) is 136 cm³/mol. The monoisotopic (exact) mass is 453 g/mol. The van der Waals surface area contributed by atoms with Crippen molar-refractivity contribution in [1.29, 1.82) is 0 Å². The molecule has 0 aliphatic carbocycles. The molecule has 0 aliphatic heterocycles. The summed E-state index contributed by atoms with van der Waals surface area (Å²) in [5, 5.41) is 0. The van der Waals surface area contributed by atoms with Crippen LogP contribution in [0.2, 0.25) is 0 Å². The maximum Gasteiger partial charge on any atom is 0.203 e. The molecule has 4 aromatic carbocycles.